The van der Waals surface area contributed by atoms with E-state index in [2.05, 4.69) is 42.4 Å². The van der Waals surface area contributed by atoms with Crippen LogP contribution in [0.15, 0.2) is 11.2 Å². The van der Waals surface area contributed by atoms with Gasteiger partial charge in [-0.15, -0.1) is 21.5 Å². The van der Waals surface area contributed by atoms with E-state index in [1.165, 1.54) is 28.6 Å². The summed E-state index contributed by atoms with van der Waals surface area (Å²) in [5.41, 5.74) is 6.75. The van der Waals surface area contributed by atoms with Gasteiger partial charge in [0, 0.05) is 11.9 Å². The van der Waals surface area contributed by atoms with Crippen molar-refractivity contribution in [3.8, 4) is 10.7 Å². The van der Waals surface area contributed by atoms with Gasteiger partial charge < -0.3 is 10.3 Å². The number of hydrogen-bond acceptors (Lipinski definition) is 6. The number of aromatic nitrogens is 3. The summed E-state index contributed by atoms with van der Waals surface area (Å²) in [5.74, 6) is 1.05. The minimum Gasteiger partial charge on any atom is -0.351 e. The van der Waals surface area contributed by atoms with E-state index in [1.54, 1.807) is 18.3 Å². The molecule has 0 saturated carbocycles. The van der Waals surface area contributed by atoms with Crippen LogP contribution in [0.25, 0.3) is 10.7 Å². The van der Waals surface area contributed by atoms with Gasteiger partial charge >= 0.3 is 6.03 Å². The van der Waals surface area contributed by atoms with Gasteiger partial charge in [-0.25, -0.2) is 4.79 Å². The number of thioether (sulfide) groups is 1. The van der Waals surface area contributed by atoms with Crippen LogP contribution in [0.5, 0.6) is 0 Å². The molecule has 7 nitrogen and oxygen atoms in total. The molecule has 0 bridgehead atoms. The SMILES string of the molecule is C[C@H](Sc1nnc(-c2cc3c(s2)CC[C@@H](C(C)(C)C)C3)n1C)C(=O)NC(N)=O. The Morgan fingerprint density at radius 2 is 2.11 bits per heavy atom. The van der Waals surface area contributed by atoms with Crippen LogP contribution in [0.2, 0.25) is 0 Å². The van der Waals surface area contributed by atoms with Crippen LogP contribution in [-0.2, 0) is 24.7 Å². The van der Waals surface area contributed by atoms with E-state index in [4.69, 9.17) is 5.73 Å². The number of imide groups is 1. The molecule has 0 fully saturated rings. The number of rotatable bonds is 4. The number of carbonyl (C=O) groups excluding carboxylic acids is 2. The van der Waals surface area contributed by atoms with Crippen molar-refractivity contribution < 1.29 is 9.59 Å². The van der Waals surface area contributed by atoms with Crippen LogP contribution in [0.3, 0.4) is 0 Å². The third kappa shape index (κ3) is 4.41. The molecule has 28 heavy (non-hydrogen) atoms. The van der Waals surface area contributed by atoms with E-state index in [-0.39, 0.29) is 0 Å². The molecule has 2 atom stereocenters. The molecule has 0 radical (unpaired) electrons. The number of aryl methyl sites for hydroxylation is 1. The Morgan fingerprint density at radius 1 is 1.39 bits per heavy atom. The fourth-order valence-electron chi connectivity index (χ4n) is 3.44. The second kappa shape index (κ2) is 7.87. The van der Waals surface area contributed by atoms with Gasteiger partial charge in [0.15, 0.2) is 11.0 Å². The predicted molar refractivity (Wildman–Crippen MR) is 112 cm³/mol. The highest BCUT2D eigenvalue weighted by atomic mass is 32.2. The molecule has 1 aliphatic carbocycles. The zero-order valence-corrected chi connectivity index (χ0v) is 18.5. The van der Waals surface area contributed by atoms with Crippen molar-refractivity contribution in [3.05, 3.63) is 16.5 Å². The highest BCUT2D eigenvalue weighted by Gasteiger charge is 2.30. The highest BCUT2D eigenvalue weighted by molar-refractivity contribution is 8.00. The second-order valence-corrected chi connectivity index (χ2v) is 10.8. The molecular formula is C19H27N5O2S2. The lowest BCUT2D eigenvalue weighted by molar-refractivity contribution is -0.119. The quantitative estimate of drug-likeness (QED) is 0.737. The molecule has 2 aromatic heterocycles. The fraction of sp³-hybridized carbons (Fsp3) is 0.579. The smallest absolute Gasteiger partial charge is 0.318 e. The van der Waals surface area contributed by atoms with Crippen molar-refractivity contribution in [2.45, 2.75) is 57.4 Å². The number of nitrogens with one attached hydrogen (secondary N) is 1. The summed E-state index contributed by atoms with van der Waals surface area (Å²) >= 11 is 3.04. The van der Waals surface area contributed by atoms with Gasteiger partial charge in [-0.1, -0.05) is 32.5 Å². The molecule has 152 valence electrons. The van der Waals surface area contributed by atoms with Crippen molar-refractivity contribution in [2.24, 2.45) is 24.1 Å². The topological polar surface area (TPSA) is 103 Å². The average Bonchev–Trinajstić information content (AvgIpc) is 3.16. The number of primary amides is 1. The van der Waals surface area contributed by atoms with Crippen LogP contribution in [0.1, 0.15) is 44.6 Å². The fourth-order valence-corrected chi connectivity index (χ4v) is 5.48. The summed E-state index contributed by atoms with van der Waals surface area (Å²) in [6.07, 6.45) is 3.45. The van der Waals surface area contributed by atoms with Crippen LogP contribution < -0.4 is 11.1 Å². The molecule has 2 aromatic rings. The van der Waals surface area contributed by atoms with Crippen molar-refractivity contribution >= 4 is 35.0 Å². The Bertz CT molecular complexity index is 897. The van der Waals surface area contributed by atoms with Crippen molar-refractivity contribution in [1.82, 2.24) is 20.1 Å². The third-order valence-corrected chi connectivity index (χ3v) is 7.63. The Hall–Kier alpha value is -1.87. The van der Waals surface area contributed by atoms with E-state index in [9.17, 15) is 9.59 Å². The molecule has 3 rings (SSSR count). The van der Waals surface area contributed by atoms with Crippen LogP contribution in [0.4, 0.5) is 4.79 Å². The number of urea groups is 1. The molecule has 2 heterocycles. The molecule has 9 heteroatoms. The van der Waals surface area contributed by atoms with Gasteiger partial charge in [-0.05, 0) is 49.1 Å². The number of carbonyl (C=O) groups is 2. The number of thiophene rings is 1. The lowest BCUT2D eigenvalue weighted by Crippen LogP contribution is -2.39. The van der Waals surface area contributed by atoms with E-state index >= 15 is 0 Å². The summed E-state index contributed by atoms with van der Waals surface area (Å²) in [6.45, 7) is 8.65. The van der Waals surface area contributed by atoms with Gasteiger partial charge in [0.1, 0.15) is 0 Å². The zero-order valence-electron chi connectivity index (χ0n) is 16.9. The Labute approximate surface area is 173 Å². The minimum atomic E-state index is -0.853. The molecule has 0 aliphatic heterocycles. The first-order valence-electron chi connectivity index (χ1n) is 9.34. The maximum atomic E-state index is 11.9. The normalized spacial score (nSPS) is 17.8. The van der Waals surface area contributed by atoms with E-state index in [0.717, 1.165) is 23.5 Å². The Balaban J connectivity index is 1.77. The predicted octanol–water partition coefficient (Wildman–Crippen LogP) is 3.37. The number of nitrogens with two attached hydrogens (primary N) is 1. The van der Waals surface area contributed by atoms with Crippen LogP contribution in [0, 0.1) is 11.3 Å². The molecule has 0 aromatic carbocycles. The molecule has 0 spiro atoms. The average molecular weight is 422 g/mol. The molecule has 1 aliphatic rings. The van der Waals surface area contributed by atoms with E-state index in [1.807, 2.05) is 11.6 Å². The number of fused-ring (bicyclic) bond motifs is 1. The monoisotopic (exact) mass is 421 g/mol. The molecule has 0 unspecified atom stereocenters. The zero-order chi connectivity index (χ0) is 20.6. The second-order valence-electron chi connectivity index (χ2n) is 8.34. The van der Waals surface area contributed by atoms with E-state index < -0.39 is 17.2 Å². The minimum absolute atomic E-state index is 0.315. The van der Waals surface area contributed by atoms with Gasteiger partial charge in [-0.3, -0.25) is 10.1 Å². The maximum Gasteiger partial charge on any atom is 0.318 e. The Morgan fingerprint density at radius 3 is 2.75 bits per heavy atom. The van der Waals surface area contributed by atoms with Gasteiger partial charge in [-0.2, -0.15) is 0 Å². The van der Waals surface area contributed by atoms with Crippen molar-refractivity contribution in [3.63, 3.8) is 0 Å². The summed E-state index contributed by atoms with van der Waals surface area (Å²) < 4.78 is 1.90. The first-order valence-corrected chi connectivity index (χ1v) is 11.0. The van der Waals surface area contributed by atoms with Gasteiger partial charge in [0.2, 0.25) is 5.91 Å². The largest absolute Gasteiger partial charge is 0.351 e. The van der Waals surface area contributed by atoms with Gasteiger partial charge in [0.25, 0.3) is 0 Å². The first kappa shape index (κ1) is 20.9. The number of amides is 3. The van der Waals surface area contributed by atoms with Crippen molar-refractivity contribution in [2.75, 3.05) is 0 Å². The molecule has 3 N–H and O–H groups in total. The van der Waals surface area contributed by atoms with Gasteiger partial charge in [0.05, 0.1) is 10.1 Å². The van der Waals surface area contributed by atoms with Crippen LogP contribution >= 0.6 is 23.1 Å². The summed E-state index contributed by atoms with van der Waals surface area (Å²) in [5, 5.41) is 10.8. The first-order chi connectivity index (χ1) is 13.1. The number of nitrogens with zero attached hydrogens (tertiary/aromatic N) is 3. The maximum absolute atomic E-state index is 11.9. The lowest BCUT2D eigenvalue weighted by atomic mass is 9.72. The lowest BCUT2D eigenvalue weighted by Gasteiger charge is -2.33. The number of hydrogen-bond donors (Lipinski definition) is 2. The Kier molecular flexibility index (Phi) is 5.86. The summed E-state index contributed by atoms with van der Waals surface area (Å²) in [4.78, 5) is 25.3. The standard InChI is InChI=1S/C19H27N5O2S2/c1-10(16(25)21-17(20)26)27-18-23-22-15(24(18)5)14-9-11-8-12(19(2,3)4)6-7-13(11)28-14/h9-10,12H,6-8H2,1-5H3,(H3,20,21,25,26)/t10-,12+/m0/s1. The summed E-state index contributed by atoms with van der Waals surface area (Å²) in [7, 11) is 1.90. The molecular weight excluding hydrogens is 394 g/mol. The molecule has 3 amide bonds. The summed E-state index contributed by atoms with van der Waals surface area (Å²) in [6, 6.07) is 1.40. The van der Waals surface area contributed by atoms with Crippen LogP contribution in [-0.4, -0.2) is 32.0 Å². The highest BCUT2D eigenvalue weighted by Crippen LogP contribution is 2.42. The third-order valence-electron chi connectivity index (χ3n) is 5.26. The molecule has 0 saturated heterocycles. The van der Waals surface area contributed by atoms with Crippen molar-refractivity contribution in [1.29, 1.82) is 0 Å². The van der Waals surface area contributed by atoms with E-state index in [0.29, 0.717) is 16.5 Å².